The fourth-order valence-electron chi connectivity index (χ4n) is 3.81. The Balaban J connectivity index is 0.00000324. The average Bonchev–Trinajstić information content (AvgIpc) is 3.42. The van der Waals surface area contributed by atoms with Gasteiger partial charge in [0.2, 0.25) is 0 Å². The summed E-state index contributed by atoms with van der Waals surface area (Å²) in [6.45, 7) is 7.28. The molecule has 10 nitrogen and oxygen atoms in total. The molecule has 2 N–H and O–H groups in total. The smallest absolute Gasteiger partial charge is 0.407 e. The quantitative estimate of drug-likeness (QED) is 0.519. The van der Waals surface area contributed by atoms with Gasteiger partial charge in [-0.1, -0.05) is 13.8 Å². The molecule has 2 amide bonds. The van der Waals surface area contributed by atoms with Gasteiger partial charge in [0.1, 0.15) is 16.3 Å². The van der Waals surface area contributed by atoms with Crippen LogP contribution in [0.2, 0.25) is 0 Å². The summed E-state index contributed by atoms with van der Waals surface area (Å²) in [6, 6.07) is 1.78. The van der Waals surface area contributed by atoms with E-state index < -0.39 is 6.09 Å². The van der Waals surface area contributed by atoms with Crippen LogP contribution in [0.25, 0.3) is 16.2 Å². The van der Waals surface area contributed by atoms with Crippen LogP contribution in [0.1, 0.15) is 44.1 Å². The standard InChI is InChI=1S/C22H29N7O3S.ClH/c1-13(2)14(3)24-18-11-17(20(30)28-7-5-15(6-8-28)27(4)22(31)32)25-19(26-18)16-12-23-29-9-10-33-21(16)29;/h9-15H,5-8H2,1-4H3,(H,31,32)(H,24,25,26);1H/t14-;/m0./s1. The Bertz CT molecular complexity index is 1160. The summed E-state index contributed by atoms with van der Waals surface area (Å²) in [6.07, 6.45) is 3.84. The van der Waals surface area contributed by atoms with Crippen LogP contribution in [0.15, 0.2) is 23.8 Å². The van der Waals surface area contributed by atoms with Crippen LogP contribution in [0.5, 0.6) is 0 Å². The minimum atomic E-state index is -0.948. The van der Waals surface area contributed by atoms with Gasteiger partial charge >= 0.3 is 6.09 Å². The van der Waals surface area contributed by atoms with E-state index in [2.05, 4.69) is 36.2 Å². The molecule has 3 aromatic rings. The summed E-state index contributed by atoms with van der Waals surface area (Å²) in [7, 11) is 1.58. The lowest BCUT2D eigenvalue weighted by Gasteiger charge is -2.35. The van der Waals surface area contributed by atoms with Crippen molar-refractivity contribution in [2.75, 3.05) is 25.5 Å². The maximum Gasteiger partial charge on any atom is 0.407 e. The SMILES string of the molecule is CC(C)[C@H](C)Nc1cc(C(=O)N2CCC(N(C)C(=O)O)CC2)nc(-c2cnn3ccsc23)n1.Cl. The van der Waals surface area contributed by atoms with Gasteiger partial charge in [0.05, 0.1) is 11.8 Å². The van der Waals surface area contributed by atoms with Crippen molar-refractivity contribution < 1.29 is 14.7 Å². The van der Waals surface area contributed by atoms with Crippen LogP contribution in [0.3, 0.4) is 0 Å². The number of rotatable bonds is 6. The minimum absolute atomic E-state index is 0. The summed E-state index contributed by atoms with van der Waals surface area (Å²) in [4.78, 5) is 37.9. The van der Waals surface area contributed by atoms with Crippen molar-refractivity contribution in [2.24, 2.45) is 5.92 Å². The maximum atomic E-state index is 13.4. The van der Waals surface area contributed by atoms with Gasteiger partial charge in [0, 0.05) is 49.9 Å². The molecule has 3 aromatic heterocycles. The van der Waals surface area contributed by atoms with Crippen molar-refractivity contribution in [3.63, 3.8) is 0 Å². The molecule has 0 saturated carbocycles. The number of carboxylic acid groups (broad SMARTS) is 1. The number of likely N-dealkylation sites (tertiary alicyclic amines) is 1. The lowest BCUT2D eigenvalue weighted by molar-refractivity contribution is 0.0638. The van der Waals surface area contributed by atoms with E-state index in [1.165, 1.54) is 16.2 Å². The highest BCUT2D eigenvalue weighted by atomic mass is 35.5. The zero-order chi connectivity index (χ0) is 23.7. The van der Waals surface area contributed by atoms with Crippen LogP contribution in [0.4, 0.5) is 10.6 Å². The van der Waals surface area contributed by atoms with Gasteiger partial charge in [0.15, 0.2) is 5.82 Å². The van der Waals surface area contributed by atoms with Crippen molar-refractivity contribution in [3.05, 3.63) is 29.5 Å². The number of hydrogen-bond donors (Lipinski definition) is 2. The van der Waals surface area contributed by atoms with Crippen LogP contribution in [-0.4, -0.2) is 78.7 Å². The third-order valence-electron chi connectivity index (χ3n) is 6.29. The molecular formula is C22H30ClN7O3S. The minimum Gasteiger partial charge on any atom is -0.465 e. The second-order valence-electron chi connectivity index (χ2n) is 8.77. The van der Waals surface area contributed by atoms with E-state index in [0.717, 1.165) is 10.4 Å². The predicted molar refractivity (Wildman–Crippen MR) is 134 cm³/mol. The van der Waals surface area contributed by atoms with E-state index in [1.54, 1.807) is 28.7 Å². The summed E-state index contributed by atoms with van der Waals surface area (Å²) >= 11 is 1.54. The zero-order valence-corrected chi connectivity index (χ0v) is 21.3. The van der Waals surface area contributed by atoms with E-state index in [4.69, 9.17) is 4.98 Å². The fourth-order valence-corrected chi connectivity index (χ4v) is 4.60. The molecule has 0 spiro atoms. The second-order valence-corrected chi connectivity index (χ2v) is 9.66. The van der Waals surface area contributed by atoms with Gasteiger partial charge in [-0.15, -0.1) is 23.7 Å². The van der Waals surface area contributed by atoms with Crippen molar-refractivity contribution in [1.82, 2.24) is 29.4 Å². The second kappa shape index (κ2) is 10.6. The number of hydrogen-bond acceptors (Lipinski definition) is 7. The average molecular weight is 508 g/mol. The van der Waals surface area contributed by atoms with Crippen molar-refractivity contribution >= 4 is 46.4 Å². The molecule has 12 heteroatoms. The monoisotopic (exact) mass is 507 g/mol. The summed E-state index contributed by atoms with van der Waals surface area (Å²) < 4.78 is 1.77. The number of nitrogens with zero attached hydrogens (tertiary/aromatic N) is 6. The van der Waals surface area contributed by atoms with Gasteiger partial charge in [-0.3, -0.25) is 4.79 Å². The molecule has 0 aromatic carbocycles. The number of amides is 2. The Morgan fingerprint density at radius 2 is 1.94 bits per heavy atom. The molecule has 1 atom stereocenters. The van der Waals surface area contributed by atoms with Crippen LogP contribution >= 0.6 is 23.7 Å². The molecule has 4 rings (SSSR count). The van der Waals surface area contributed by atoms with E-state index in [9.17, 15) is 14.7 Å². The summed E-state index contributed by atoms with van der Waals surface area (Å²) in [5.74, 6) is 1.26. The van der Waals surface area contributed by atoms with E-state index in [-0.39, 0.29) is 30.4 Å². The molecule has 1 saturated heterocycles. The molecule has 0 bridgehead atoms. The van der Waals surface area contributed by atoms with Crippen molar-refractivity contribution in [2.45, 2.75) is 45.7 Å². The largest absolute Gasteiger partial charge is 0.465 e. The third-order valence-corrected chi connectivity index (χ3v) is 7.18. The Morgan fingerprint density at radius 3 is 2.59 bits per heavy atom. The molecule has 4 heterocycles. The van der Waals surface area contributed by atoms with Crippen molar-refractivity contribution in [1.29, 1.82) is 0 Å². The molecule has 184 valence electrons. The number of fused-ring (bicyclic) bond motifs is 1. The molecule has 0 unspecified atom stereocenters. The highest BCUT2D eigenvalue weighted by Gasteiger charge is 2.29. The Kier molecular flexibility index (Phi) is 7.98. The lowest BCUT2D eigenvalue weighted by Crippen LogP contribution is -2.47. The highest BCUT2D eigenvalue weighted by molar-refractivity contribution is 7.16. The molecule has 0 aliphatic carbocycles. The van der Waals surface area contributed by atoms with Crippen molar-refractivity contribution in [3.8, 4) is 11.4 Å². The maximum absolute atomic E-state index is 13.4. The molecule has 1 aliphatic heterocycles. The number of aromatic nitrogens is 4. The van der Waals surface area contributed by atoms with Crippen LogP contribution in [-0.2, 0) is 0 Å². The number of anilines is 1. The first-order valence-corrected chi connectivity index (χ1v) is 11.9. The number of thiazole rings is 1. The van der Waals surface area contributed by atoms with Gasteiger partial charge < -0.3 is 20.2 Å². The first-order chi connectivity index (χ1) is 15.7. The lowest BCUT2D eigenvalue weighted by atomic mass is 10.0. The number of carbonyl (C=O) groups excluding carboxylic acids is 1. The van der Waals surface area contributed by atoms with E-state index >= 15 is 0 Å². The van der Waals surface area contributed by atoms with E-state index in [1.807, 2.05) is 11.6 Å². The number of nitrogens with one attached hydrogen (secondary N) is 1. The van der Waals surface area contributed by atoms with E-state index in [0.29, 0.717) is 49.2 Å². The van der Waals surface area contributed by atoms with Crippen LogP contribution < -0.4 is 5.32 Å². The van der Waals surface area contributed by atoms with Crippen LogP contribution in [0, 0.1) is 5.92 Å². The third kappa shape index (κ3) is 5.25. The Hall–Kier alpha value is -2.92. The van der Waals surface area contributed by atoms with Gasteiger partial charge in [0.25, 0.3) is 5.91 Å². The van der Waals surface area contributed by atoms with Gasteiger partial charge in [-0.2, -0.15) is 5.10 Å². The summed E-state index contributed by atoms with van der Waals surface area (Å²) in [5.41, 5.74) is 1.10. The highest BCUT2D eigenvalue weighted by Crippen LogP contribution is 2.27. The molecule has 1 fully saturated rings. The number of halogens is 1. The Labute approximate surface area is 208 Å². The Morgan fingerprint density at radius 1 is 1.24 bits per heavy atom. The first-order valence-electron chi connectivity index (χ1n) is 11.1. The summed E-state index contributed by atoms with van der Waals surface area (Å²) in [5, 5.41) is 18.9. The predicted octanol–water partition coefficient (Wildman–Crippen LogP) is 3.95. The van der Waals surface area contributed by atoms with Gasteiger partial charge in [-0.05, 0) is 25.7 Å². The normalized spacial score (nSPS) is 15.3. The molecule has 0 radical (unpaired) electrons. The zero-order valence-electron chi connectivity index (χ0n) is 19.6. The first kappa shape index (κ1) is 25.7. The molecular weight excluding hydrogens is 478 g/mol. The number of carbonyl (C=O) groups is 2. The topological polar surface area (TPSA) is 116 Å². The van der Waals surface area contributed by atoms with Gasteiger partial charge in [-0.25, -0.2) is 19.3 Å². The number of piperidine rings is 1. The molecule has 34 heavy (non-hydrogen) atoms. The fraction of sp³-hybridized carbons (Fsp3) is 0.500. The molecule has 1 aliphatic rings.